The number of ether oxygens (including phenoxy) is 1. The minimum Gasteiger partial charge on any atom is -0.370 e. The summed E-state index contributed by atoms with van der Waals surface area (Å²) in [6, 6.07) is 6.83. The van der Waals surface area contributed by atoms with Crippen LogP contribution in [0.5, 0.6) is 0 Å². The molecule has 0 radical (unpaired) electrons. The molecule has 2 atom stereocenters. The van der Waals surface area contributed by atoms with Gasteiger partial charge in [0.2, 0.25) is 0 Å². The molecule has 0 bridgehead atoms. The molecular formula is C19H25N5O. The molecular weight excluding hydrogens is 314 g/mol. The van der Waals surface area contributed by atoms with Crippen molar-refractivity contribution in [1.29, 1.82) is 0 Å². The monoisotopic (exact) mass is 339 g/mol. The minimum atomic E-state index is 0.0471. The largest absolute Gasteiger partial charge is 0.370 e. The van der Waals surface area contributed by atoms with Gasteiger partial charge in [-0.2, -0.15) is 5.10 Å². The van der Waals surface area contributed by atoms with E-state index in [9.17, 15) is 0 Å². The van der Waals surface area contributed by atoms with Gasteiger partial charge in [-0.1, -0.05) is 6.07 Å². The number of nitrogens with zero attached hydrogens (tertiary/aromatic N) is 4. The molecule has 0 saturated carbocycles. The van der Waals surface area contributed by atoms with Crippen molar-refractivity contribution >= 4 is 5.65 Å². The summed E-state index contributed by atoms with van der Waals surface area (Å²) in [6.07, 6.45) is 7.00. The van der Waals surface area contributed by atoms with Crippen LogP contribution in [0.3, 0.4) is 0 Å². The molecule has 1 N–H and O–H groups in total. The maximum absolute atomic E-state index is 6.03. The first-order valence-corrected chi connectivity index (χ1v) is 8.94. The van der Waals surface area contributed by atoms with Gasteiger partial charge in [-0.05, 0) is 44.9 Å². The molecule has 25 heavy (non-hydrogen) atoms. The van der Waals surface area contributed by atoms with E-state index in [4.69, 9.17) is 4.74 Å². The van der Waals surface area contributed by atoms with E-state index >= 15 is 0 Å². The fraction of sp³-hybridized carbons (Fsp3) is 0.474. The van der Waals surface area contributed by atoms with Gasteiger partial charge in [-0.25, -0.2) is 4.98 Å². The maximum Gasteiger partial charge on any atom is 0.136 e. The second-order valence-electron chi connectivity index (χ2n) is 7.05. The third-order valence-electron chi connectivity index (χ3n) is 4.85. The fourth-order valence-corrected chi connectivity index (χ4v) is 3.58. The van der Waals surface area contributed by atoms with Crippen molar-refractivity contribution in [2.24, 2.45) is 0 Å². The van der Waals surface area contributed by atoms with Crippen LogP contribution < -0.4 is 5.32 Å². The minimum absolute atomic E-state index is 0.0471. The third kappa shape index (κ3) is 3.07. The zero-order valence-corrected chi connectivity index (χ0v) is 15.0. The smallest absolute Gasteiger partial charge is 0.136 e. The van der Waals surface area contributed by atoms with Gasteiger partial charge in [0.15, 0.2) is 0 Å². The Morgan fingerprint density at radius 2 is 2.20 bits per heavy atom. The Morgan fingerprint density at radius 3 is 3.04 bits per heavy atom. The Kier molecular flexibility index (Phi) is 4.31. The van der Waals surface area contributed by atoms with Crippen LogP contribution >= 0.6 is 0 Å². The zero-order chi connectivity index (χ0) is 17.4. The van der Waals surface area contributed by atoms with Crippen molar-refractivity contribution in [2.75, 3.05) is 6.61 Å². The van der Waals surface area contributed by atoms with E-state index in [1.165, 1.54) is 11.3 Å². The van der Waals surface area contributed by atoms with E-state index in [2.05, 4.69) is 69.6 Å². The van der Waals surface area contributed by atoms with E-state index < -0.39 is 0 Å². The van der Waals surface area contributed by atoms with Crippen molar-refractivity contribution in [3.05, 3.63) is 53.7 Å². The molecule has 0 aliphatic carbocycles. The van der Waals surface area contributed by atoms with Crippen molar-refractivity contribution in [1.82, 2.24) is 24.5 Å². The van der Waals surface area contributed by atoms with Gasteiger partial charge < -0.3 is 14.5 Å². The lowest BCUT2D eigenvalue weighted by atomic mass is 10.1. The number of nitrogens with one attached hydrogen (secondary N) is 1. The fourth-order valence-electron chi connectivity index (χ4n) is 3.58. The summed E-state index contributed by atoms with van der Waals surface area (Å²) in [7, 11) is 0. The molecule has 0 aromatic carbocycles. The number of fused-ring (bicyclic) bond motifs is 1. The Hall–Kier alpha value is -2.18. The van der Waals surface area contributed by atoms with Crippen molar-refractivity contribution < 1.29 is 4.74 Å². The topological polar surface area (TPSA) is 56.4 Å². The van der Waals surface area contributed by atoms with Crippen LogP contribution in [0.2, 0.25) is 0 Å². The van der Waals surface area contributed by atoms with Gasteiger partial charge in [0, 0.05) is 37.6 Å². The van der Waals surface area contributed by atoms with Gasteiger partial charge in [0.1, 0.15) is 11.8 Å². The number of imidazole rings is 1. The SMILES string of the molecule is Cc1ccc2ncc(CN[C@H]3CCO[C@@H]3c3ccnn3C(C)C)n2c1. The summed E-state index contributed by atoms with van der Waals surface area (Å²) in [5.41, 5.74) is 4.54. The van der Waals surface area contributed by atoms with Crippen LogP contribution in [0.15, 0.2) is 36.8 Å². The molecule has 6 heteroatoms. The van der Waals surface area contributed by atoms with E-state index in [1.54, 1.807) is 0 Å². The Morgan fingerprint density at radius 1 is 1.32 bits per heavy atom. The highest BCUT2D eigenvalue weighted by atomic mass is 16.5. The van der Waals surface area contributed by atoms with Crippen LogP contribution in [0.25, 0.3) is 5.65 Å². The van der Waals surface area contributed by atoms with Gasteiger partial charge in [0.05, 0.1) is 17.6 Å². The van der Waals surface area contributed by atoms with Crippen LogP contribution in [-0.2, 0) is 11.3 Å². The average molecular weight is 339 g/mol. The summed E-state index contributed by atoms with van der Waals surface area (Å²) < 4.78 is 10.2. The van der Waals surface area contributed by atoms with Crippen LogP contribution in [0, 0.1) is 6.92 Å². The van der Waals surface area contributed by atoms with Crippen molar-refractivity contribution in [2.45, 2.75) is 51.9 Å². The van der Waals surface area contributed by atoms with E-state index in [-0.39, 0.29) is 12.1 Å². The highest BCUT2D eigenvalue weighted by Gasteiger charge is 2.32. The first-order valence-electron chi connectivity index (χ1n) is 8.94. The maximum atomic E-state index is 6.03. The summed E-state index contributed by atoms with van der Waals surface area (Å²) in [5, 5.41) is 8.12. The summed E-state index contributed by atoms with van der Waals surface area (Å²) in [5.74, 6) is 0. The molecule has 1 aliphatic rings. The summed E-state index contributed by atoms with van der Waals surface area (Å²) in [6.45, 7) is 7.94. The second-order valence-corrected chi connectivity index (χ2v) is 7.05. The lowest BCUT2D eigenvalue weighted by molar-refractivity contribution is 0.0898. The summed E-state index contributed by atoms with van der Waals surface area (Å²) >= 11 is 0. The molecule has 3 aromatic rings. The number of rotatable bonds is 5. The quantitative estimate of drug-likeness (QED) is 0.776. The molecule has 6 nitrogen and oxygen atoms in total. The number of hydrogen-bond acceptors (Lipinski definition) is 4. The van der Waals surface area contributed by atoms with E-state index in [1.807, 2.05) is 12.4 Å². The Bertz CT molecular complexity index is 866. The average Bonchev–Trinajstić information content (AvgIpc) is 3.31. The van der Waals surface area contributed by atoms with E-state index in [0.717, 1.165) is 30.9 Å². The third-order valence-corrected chi connectivity index (χ3v) is 4.85. The number of aromatic nitrogens is 4. The lowest BCUT2D eigenvalue weighted by Gasteiger charge is -2.22. The van der Waals surface area contributed by atoms with Gasteiger partial charge in [-0.3, -0.25) is 4.68 Å². The molecule has 0 amide bonds. The van der Waals surface area contributed by atoms with E-state index in [0.29, 0.717) is 6.04 Å². The first kappa shape index (κ1) is 16.3. The highest BCUT2D eigenvalue weighted by Crippen LogP contribution is 2.30. The molecule has 1 aliphatic heterocycles. The molecule has 4 rings (SSSR count). The predicted octanol–water partition coefficient (Wildman–Crippen LogP) is 3.04. The molecule has 1 fully saturated rings. The lowest BCUT2D eigenvalue weighted by Crippen LogP contribution is -2.32. The Balaban J connectivity index is 1.51. The zero-order valence-electron chi connectivity index (χ0n) is 15.0. The van der Waals surface area contributed by atoms with Crippen LogP contribution in [0.1, 0.15) is 49.4 Å². The number of pyridine rings is 1. The molecule has 3 aromatic heterocycles. The van der Waals surface area contributed by atoms with Gasteiger partial charge in [0.25, 0.3) is 0 Å². The Labute approximate surface area is 147 Å². The van der Waals surface area contributed by atoms with Crippen LogP contribution in [0.4, 0.5) is 0 Å². The van der Waals surface area contributed by atoms with Gasteiger partial charge >= 0.3 is 0 Å². The van der Waals surface area contributed by atoms with Crippen LogP contribution in [-0.4, -0.2) is 31.8 Å². The highest BCUT2D eigenvalue weighted by molar-refractivity contribution is 5.41. The number of aryl methyl sites for hydroxylation is 1. The molecule has 1 saturated heterocycles. The van der Waals surface area contributed by atoms with Crippen molar-refractivity contribution in [3.63, 3.8) is 0 Å². The molecule has 132 valence electrons. The standard InChI is InChI=1S/C19H25N5O/c1-13(2)24-17(6-8-22-24)19-16(7-9-25-19)20-10-15-11-21-18-5-4-14(3)12-23(15)18/h4-6,8,11-13,16,19-20H,7,9-10H2,1-3H3/t16-,19-/m0/s1. The van der Waals surface area contributed by atoms with Gasteiger partial charge in [-0.15, -0.1) is 0 Å². The first-order chi connectivity index (χ1) is 12.1. The molecule has 0 unspecified atom stereocenters. The molecule has 0 spiro atoms. The number of hydrogen-bond donors (Lipinski definition) is 1. The summed E-state index contributed by atoms with van der Waals surface area (Å²) in [4.78, 5) is 4.49. The normalized spacial score (nSPS) is 20.8. The molecule has 4 heterocycles. The predicted molar refractivity (Wildman–Crippen MR) is 96.5 cm³/mol. The van der Waals surface area contributed by atoms with Crippen molar-refractivity contribution in [3.8, 4) is 0 Å². The second kappa shape index (κ2) is 6.61.